The molecule has 1 atom stereocenters. The van der Waals surface area contributed by atoms with E-state index in [1.54, 1.807) is 6.08 Å². The molecule has 0 bridgehead atoms. The molecule has 36 heavy (non-hydrogen) atoms. The summed E-state index contributed by atoms with van der Waals surface area (Å²) in [5.41, 5.74) is 7.25. The van der Waals surface area contributed by atoms with Gasteiger partial charge in [0.15, 0.2) is 0 Å². The number of aromatic nitrogens is 3. The molecule has 3 N–H and O–H groups in total. The van der Waals surface area contributed by atoms with E-state index in [1.165, 1.54) is 17.5 Å². The van der Waals surface area contributed by atoms with Crippen LogP contribution in [0.1, 0.15) is 12.8 Å². The quantitative estimate of drug-likeness (QED) is 0.442. The number of ether oxygens (including phenoxy) is 2. The summed E-state index contributed by atoms with van der Waals surface area (Å²) in [6.07, 6.45) is 7.86. The van der Waals surface area contributed by atoms with Gasteiger partial charge in [-0.1, -0.05) is 24.3 Å². The second kappa shape index (κ2) is 10.9. The van der Waals surface area contributed by atoms with E-state index in [-0.39, 0.29) is 5.95 Å². The zero-order chi connectivity index (χ0) is 24.7. The predicted octanol–water partition coefficient (Wildman–Crippen LogP) is 3.75. The first kappa shape index (κ1) is 23.4. The maximum absolute atomic E-state index is 11.6. The van der Waals surface area contributed by atoms with Crippen LogP contribution in [0.3, 0.4) is 0 Å². The van der Waals surface area contributed by atoms with Gasteiger partial charge in [-0.2, -0.15) is 9.67 Å². The minimum atomic E-state index is -0.440. The van der Waals surface area contributed by atoms with Crippen molar-refractivity contribution in [1.29, 1.82) is 0 Å². The fourth-order valence-corrected chi connectivity index (χ4v) is 4.19. The molecule has 2 aliphatic rings. The first-order chi connectivity index (χ1) is 17.7. The number of hydrogen-bond acceptors (Lipinski definition) is 8. The number of likely N-dealkylation sites (tertiary alicyclic amines) is 1. The molecule has 1 unspecified atom stereocenters. The maximum atomic E-state index is 11.6. The monoisotopic (exact) mass is 484 g/mol. The SMILES string of the molecule is Nc1nc(NC2C=CC(OCCN3CCCC3)=CC2=C=O)nn1-c1ccc(Oc2ccccc2)cc1. The Morgan fingerprint density at radius 1 is 1.06 bits per heavy atom. The molecule has 5 rings (SSSR count). The van der Waals surface area contributed by atoms with E-state index in [1.807, 2.05) is 72.7 Å². The fourth-order valence-electron chi connectivity index (χ4n) is 4.19. The van der Waals surface area contributed by atoms with Crippen LogP contribution in [0.5, 0.6) is 11.5 Å². The maximum Gasteiger partial charge on any atom is 0.245 e. The van der Waals surface area contributed by atoms with Gasteiger partial charge < -0.3 is 20.5 Å². The van der Waals surface area contributed by atoms with Gasteiger partial charge in [0.05, 0.1) is 17.3 Å². The average molecular weight is 485 g/mol. The summed E-state index contributed by atoms with van der Waals surface area (Å²) >= 11 is 0. The lowest BCUT2D eigenvalue weighted by Crippen LogP contribution is -2.25. The summed E-state index contributed by atoms with van der Waals surface area (Å²) in [6, 6.07) is 16.5. The summed E-state index contributed by atoms with van der Waals surface area (Å²) in [5, 5.41) is 7.60. The number of hydrogen-bond donors (Lipinski definition) is 2. The van der Waals surface area contributed by atoms with Gasteiger partial charge in [-0.15, -0.1) is 5.10 Å². The first-order valence-electron chi connectivity index (χ1n) is 12.0. The van der Waals surface area contributed by atoms with Gasteiger partial charge >= 0.3 is 0 Å². The minimum absolute atomic E-state index is 0.215. The molecule has 1 aromatic heterocycles. The van der Waals surface area contributed by atoms with Gasteiger partial charge in [0.2, 0.25) is 11.9 Å². The second-order valence-corrected chi connectivity index (χ2v) is 8.60. The molecular weight excluding hydrogens is 456 g/mol. The highest BCUT2D eigenvalue weighted by Crippen LogP contribution is 2.24. The molecule has 9 heteroatoms. The molecule has 1 fully saturated rings. The smallest absolute Gasteiger partial charge is 0.245 e. The van der Waals surface area contributed by atoms with Crippen LogP contribution in [0, 0.1) is 0 Å². The van der Waals surface area contributed by atoms with E-state index in [0.717, 1.165) is 31.1 Å². The Hall–Kier alpha value is -4.33. The molecule has 2 aromatic carbocycles. The van der Waals surface area contributed by atoms with Crippen LogP contribution in [0.15, 0.2) is 84.2 Å². The molecule has 3 aromatic rings. The Balaban J connectivity index is 1.20. The van der Waals surface area contributed by atoms with E-state index < -0.39 is 6.04 Å². The van der Waals surface area contributed by atoms with Crippen LogP contribution < -0.4 is 15.8 Å². The van der Waals surface area contributed by atoms with Crippen molar-refractivity contribution < 1.29 is 14.3 Å². The number of nitrogens with zero attached hydrogens (tertiary/aromatic N) is 4. The van der Waals surface area contributed by atoms with Gasteiger partial charge in [0.25, 0.3) is 0 Å². The van der Waals surface area contributed by atoms with Crippen molar-refractivity contribution in [2.75, 3.05) is 37.3 Å². The van der Waals surface area contributed by atoms with Crippen molar-refractivity contribution in [3.05, 3.63) is 84.2 Å². The third-order valence-electron chi connectivity index (χ3n) is 6.06. The zero-order valence-corrected chi connectivity index (χ0v) is 19.8. The number of para-hydroxylation sites is 1. The van der Waals surface area contributed by atoms with Crippen LogP contribution in [0.4, 0.5) is 11.9 Å². The summed E-state index contributed by atoms with van der Waals surface area (Å²) in [7, 11) is 0. The molecule has 1 aliphatic heterocycles. The Kier molecular flexibility index (Phi) is 7.12. The van der Waals surface area contributed by atoms with Crippen LogP contribution in [0.2, 0.25) is 0 Å². The fraction of sp³-hybridized carbons (Fsp3) is 0.259. The highest BCUT2D eigenvalue weighted by atomic mass is 16.5. The lowest BCUT2D eigenvalue weighted by Gasteiger charge is -2.19. The topological polar surface area (TPSA) is 108 Å². The zero-order valence-electron chi connectivity index (χ0n) is 19.8. The van der Waals surface area contributed by atoms with Crippen molar-refractivity contribution >= 4 is 17.8 Å². The summed E-state index contributed by atoms with van der Waals surface area (Å²) in [6.45, 7) is 3.71. The molecule has 1 saturated heterocycles. The Labute approximate surface area is 209 Å². The average Bonchev–Trinajstić information content (AvgIpc) is 3.55. The van der Waals surface area contributed by atoms with Crippen LogP contribution in [-0.2, 0) is 9.53 Å². The number of benzene rings is 2. The number of allylic oxidation sites excluding steroid dienone is 1. The number of nitrogens with two attached hydrogens (primary N) is 1. The molecule has 9 nitrogen and oxygen atoms in total. The normalized spacial score (nSPS) is 17.5. The number of anilines is 2. The van der Waals surface area contributed by atoms with E-state index in [2.05, 4.69) is 20.3 Å². The van der Waals surface area contributed by atoms with Crippen LogP contribution in [-0.4, -0.2) is 57.9 Å². The number of nitrogen functional groups attached to an aromatic ring is 1. The van der Waals surface area contributed by atoms with E-state index >= 15 is 0 Å². The third kappa shape index (κ3) is 5.66. The van der Waals surface area contributed by atoms with Crippen molar-refractivity contribution in [1.82, 2.24) is 19.7 Å². The van der Waals surface area contributed by atoms with E-state index in [0.29, 0.717) is 29.6 Å². The Bertz CT molecular complexity index is 1290. The highest BCUT2D eigenvalue weighted by molar-refractivity contribution is 5.65. The summed E-state index contributed by atoms with van der Waals surface area (Å²) in [5.74, 6) is 4.60. The molecule has 0 amide bonds. The molecule has 2 heterocycles. The molecule has 1 aliphatic carbocycles. The first-order valence-corrected chi connectivity index (χ1v) is 12.0. The van der Waals surface area contributed by atoms with Gasteiger partial charge in [0, 0.05) is 6.54 Å². The Morgan fingerprint density at radius 3 is 2.56 bits per heavy atom. The van der Waals surface area contributed by atoms with Gasteiger partial charge in [-0.25, -0.2) is 4.79 Å². The largest absolute Gasteiger partial charge is 0.492 e. The van der Waals surface area contributed by atoms with Gasteiger partial charge in [-0.05, 0) is 74.5 Å². The van der Waals surface area contributed by atoms with Crippen molar-refractivity contribution in [2.24, 2.45) is 0 Å². The van der Waals surface area contributed by atoms with Crippen LogP contribution >= 0.6 is 0 Å². The van der Waals surface area contributed by atoms with E-state index in [9.17, 15) is 4.79 Å². The summed E-state index contributed by atoms with van der Waals surface area (Å²) < 4.78 is 13.2. The minimum Gasteiger partial charge on any atom is -0.492 e. The molecule has 0 radical (unpaired) electrons. The molecule has 184 valence electrons. The highest BCUT2D eigenvalue weighted by Gasteiger charge is 2.20. The predicted molar refractivity (Wildman–Crippen MR) is 138 cm³/mol. The Morgan fingerprint density at radius 2 is 1.81 bits per heavy atom. The third-order valence-corrected chi connectivity index (χ3v) is 6.06. The van der Waals surface area contributed by atoms with Crippen molar-refractivity contribution in [3.8, 4) is 17.2 Å². The molecule has 0 saturated carbocycles. The van der Waals surface area contributed by atoms with Gasteiger partial charge in [0.1, 0.15) is 29.8 Å². The summed E-state index contributed by atoms with van der Waals surface area (Å²) in [4.78, 5) is 18.3. The van der Waals surface area contributed by atoms with Crippen LogP contribution in [0.25, 0.3) is 5.69 Å². The molecule has 0 spiro atoms. The number of rotatable bonds is 9. The lowest BCUT2D eigenvalue weighted by atomic mass is 10.0. The van der Waals surface area contributed by atoms with Crippen molar-refractivity contribution in [3.63, 3.8) is 0 Å². The molecular formula is C27H28N6O3. The standard InChI is InChI=1S/C27H28N6O3/c28-26-30-27(31-33(26)21-8-10-23(11-9-21)36-22-6-2-1-3-7-22)29-25-13-12-24(18-20(25)19-34)35-17-16-32-14-4-5-15-32/h1-3,6-13,18,25H,4-5,14-17H2,(H3,28,29,30,31). The lowest BCUT2D eigenvalue weighted by molar-refractivity contribution is 0.179. The number of nitrogens with one attached hydrogen (secondary N) is 1. The van der Waals surface area contributed by atoms with E-state index in [4.69, 9.17) is 15.2 Å². The second-order valence-electron chi connectivity index (χ2n) is 8.60. The van der Waals surface area contributed by atoms with Crippen molar-refractivity contribution in [2.45, 2.75) is 18.9 Å². The number of carbonyl (C=O) groups excluding carboxylic acids is 1. The van der Waals surface area contributed by atoms with Gasteiger partial charge in [-0.3, -0.25) is 4.90 Å².